The highest BCUT2D eigenvalue weighted by Crippen LogP contribution is 2.11. The summed E-state index contributed by atoms with van der Waals surface area (Å²) in [7, 11) is -3.30. The van der Waals surface area contributed by atoms with Crippen LogP contribution in [0.25, 0.3) is 0 Å². The second-order valence-corrected chi connectivity index (χ2v) is 6.60. The van der Waals surface area contributed by atoms with Gasteiger partial charge in [-0.05, 0) is 31.4 Å². The fourth-order valence-corrected chi connectivity index (χ4v) is 3.46. The van der Waals surface area contributed by atoms with Crippen molar-refractivity contribution in [3.05, 3.63) is 24.2 Å². The van der Waals surface area contributed by atoms with Gasteiger partial charge in [0.1, 0.15) is 12.4 Å². The molecule has 0 spiro atoms. The van der Waals surface area contributed by atoms with E-state index < -0.39 is 10.2 Å². The molecule has 2 heterocycles. The van der Waals surface area contributed by atoms with Crippen LogP contribution in [0.3, 0.4) is 0 Å². The molecule has 0 unspecified atom stereocenters. The van der Waals surface area contributed by atoms with Gasteiger partial charge in [0.25, 0.3) is 10.2 Å². The predicted molar refractivity (Wildman–Crippen MR) is 75.3 cm³/mol. The van der Waals surface area contributed by atoms with Crippen molar-refractivity contribution < 1.29 is 17.6 Å². The average molecular weight is 302 g/mol. The molecule has 20 heavy (non-hydrogen) atoms. The van der Waals surface area contributed by atoms with Gasteiger partial charge in [0.05, 0.1) is 6.26 Å². The van der Waals surface area contributed by atoms with Crippen LogP contribution in [0.4, 0.5) is 0 Å². The maximum Gasteiger partial charge on any atom is 0.279 e. The van der Waals surface area contributed by atoms with Crippen LogP contribution in [0.15, 0.2) is 22.8 Å². The predicted octanol–water partition coefficient (Wildman–Crippen LogP) is 1.51. The second kappa shape index (κ2) is 7.78. The average Bonchev–Trinajstić information content (AvgIpc) is 2.97. The number of nitrogens with one attached hydrogen (secondary N) is 1. The topological polar surface area (TPSA) is 71.8 Å². The van der Waals surface area contributed by atoms with Gasteiger partial charge < -0.3 is 9.15 Å². The van der Waals surface area contributed by atoms with E-state index in [0.29, 0.717) is 39.3 Å². The largest absolute Gasteiger partial charge is 0.467 e. The number of piperidine rings is 1. The molecule has 0 atom stereocenters. The molecule has 7 heteroatoms. The maximum absolute atomic E-state index is 12.0. The molecule has 2 rings (SSSR count). The second-order valence-electron chi connectivity index (χ2n) is 4.84. The first-order valence-corrected chi connectivity index (χ1v) is 8.47. The highest BCUT2D eigenvalue weighted by molar-refractivity contribution is 7.87. The van der Waals surface area contributed by atoms with Crippen molar-refractivity contribution in [1.82, 2.24) is 9.03 Å². The summed E-state index contributed by atoms with van der Waals surface area (Å²) in [6.07, 6.45) is 5.27. The molecule has 0 saturated carbocycles. The van der Waals surface area contributed by atoms with Crippen molar-refractivity contribution in [2.45, 2.75) is 32.3 Å². The summed E-state index contributed by atoms with van der Waals surface area (Å²) in [6, 6.07) is 3.66. The van der Waals surface area contributed by atoms with Gasteiger partial charge in [-0.3, -0.25) is 0 Å². The molecule has 1 saturated heterocycles. The molecule has 0 amide bonds. The Morgan fingerprint density at radius 3 is 2.80 bits per heavy atom. The van der Waals surface area contributed by atoms with E-state index in [1.807, 2.05) is 12.1 Å². The molecule has 1 aliphatic heterocycles. The van der Waals surface area contributed by atoms with E-state index in [0.717, 1.165) is 25.0 Å². The first kappa shape index (κ1) is 15.5. The van der Waals surface area contributed by atoms with Crippen molar-refractivity contribution in [2.75, 3.05) is 26.2 Å². The van der Waals surface area contributed by atoms with Crippen LogP contribution in [0.1, 0.15) is 31.4 Å². The quantitative estimate of drug-likeness (QED) is 0.739. The lowest BCUT2D eigenvalue weighted by molar-refractivity contribution is 0.105. The Kier molecular flexibility index (Phi) is 6.03. The number of nitrogens with zero attached hydrogens (tertiary/aromatic N) is 1. The van der Waals surface area contributed by atoms with Gasteiger partial charge in [-0.1, -0.05) is 6.42 Å². The maximum atomic E-state index is 12.0. The number of hydrogen-bond donors (Lipinski definition) is 1. The van der Waals surface area contributed by atoms with Crippen LogP contribution in [0.5, 0.6) is 0 Å². The van der Waals surface area contributed by atoms with Crippen molar-refractivity contribution in [1.29, 1.82) is 0 Å². The molecular weight excluding hydrogens is 280 g/mol. The summed E-state index contributed by atoms with van der Waals surface area (Å²) < 4.78 is 38.6. The van der Waals surface area contributed by atoms with E-state index >= 15 is 0 Å². The van der Waals surface area contributed by atoms with Gasteiger partial charge in [-0.2, -0.15) is 12.7 Å². The Hall–Kier alpha value is -0.890. The normalized spacial score (nSPS) is 17.4. The zero-order valence-corrected chi connectivity index (χ0v) is 12.4. The van der Waals surface area contributed by atoms with Gasteiger partial charge in [-0.15, -0.1) is 0 Å². The standard InChI is InChI=1S/C13H22N2O4S/c16-20(17,15-8-2-1-3-9-15)14-7-5-10-18-12-13-6-4-11-19-13/h4,6,11,14H,1-3,5,7-10,12H2. The monoisotopic (exact) mass is 302 g/mol. The summed E-state index contributed by atoms with van der Waals surface area (Å²) in [5, 5.41) is 0. The molecule has 0 aromatic carbocycles. The lowest BCUT2D eigenvalue weighted by atomic mass is 10.2. The van der Waals surface area contributed by atoms with Crippen molar-refractivity contribution in [3.8, 4) is 0 Å². The van der Waals surface area contributed by atoms with Crippen molar-refractivity contribution in [3.63, 3.8) is 0 Å². The third-order valence-electron chi connectivity index (χ3n) is 3.23. The third kappa shape index (κ3) is 4.90. The Morgan fingerprint density at radius 2 is 2.10 bits per heavy atom. The molecule has 0 radical (unpaired) electrons. The van der Waals surface area contributed by atoms with Crippen LogP contribution >= 0.6 is 0 Å². The fraction of sp³-hybridized carbons (Fsp3) is 0.692. The summed E-state index contributed by atoms with van der Waals surface area (Å²) >= 11 is 0. The molecular formula is C13H22N2O4S. The highest BCUT2D eigenvalue weighted by atomic mass is 32.2. The Balaban J connectivity index is 1.57. The van der Waals surface area contributed by atoms with Crippen LogP contribution in [0, 0.1) is 0 Å². The van der Waals surface area contributed by atoms with Crippen LogP contribution < -0.4 is 4.72 Å². The first-order valence-electron chi connectivity index (χ1n) is 7.03. The van der Waals surface area contributed by atoms with Crippen molar-refractivity contribution in [2.24, 2.45) is 0 Å². The van der Waals surface area contributed by atoms with E-state index in [2.05, 4.69) is 4.72 Å². The minimum atomic E-state index is -3.30. The molecule has 1 aromatic heterocycles. The molecule has 1 fully saturated rings. The number of rotatable bonds is 8. The van der Waals surface area contributed by atoms with E-state index in [1.54, 1.807) is 6.26 Å². The molecule has 1 aromatic rings. The summed E-state index contributed by atoms with van der Waals surface area (Å²) in [4.78, 5) is 0. The Bertz CT molecular complexity index is 467. The summed E-state index contributed by atoms with van der Waals surface area (Å²) in [6.45, 7) is 2.58. The third-order valence-corrected chi connectivity index (χ3v) is 4.84. The molecule has 1 aliphatic rings. The fourth-order valence-electron chi connectivity index (χ4n) is 2.14. The molecule has 0 bridgehead atoms. The Morgan fingerprint density at radius 1 is 1.30 bits per heavy atom. The van der Waals surface area contributed by atoms with Crippen molar-refractivity contribution >= 4 is 10.2 Å². The summed E-state index contributed by atoms with van der Waals surface area (Å²) in [5.74, 6) is 0.777. The van der Waals surface area contributed by atoms with Gasteiger partial charge in [0.2, 0.25) is 0 Å². The zero-order chi connectivity index (χ0) is 14.3. The number of hydrogen-bond acceptors (Lipinski definition) is 4. The number of furan rings is 1. The highest BCUT2D eigenvalue weighted by Gasteiger charge is 2.22. The molecule has 6 nitrogen and oxygen atoms in total. The van der Waals surface area contributed by atoms with Crippen LogP contribution in [-0.4, -0.2) is 39.0 Å². The summed E-state index contributed by atoms with van der Waals surface area (Å²) in [5.41, 5.74) is 0. The van der Waals surface area contributed by atoms with E-state index in [1.165, 1.54) is 4.31 Å². The van der Waals surface area contributed by atoms with E-state index in [4.69, 9.17) is 9.15 Å². The lowest BCUT2D eigenvalue weighted by Gasteiger charge is -2.25. The molecule has 0 aliphatic carbocycles. The zero-order valence-electron chi connectivity index (χ0n) is 11.6. The lowest BCUT2D eigenvalue weighted by Crippen LogP contribution is -2.43. The van der Waals surface area contributed by atoms with Gasteiger partial charge in [-0.25, -0.2) is 4.72 Å². The van der Waals surface area contributed by atoms with Crippen LogP contribution in [0.2, 0.25) is 0 Å². The molecule has 1 N–H and O–H groups in total. The molecule has 114 valence electrons. The minimum absolute atomic E-state index is 0.400. The minimum Gasteiger partial charge on any atom is -0.467 e. The van der Waals surface area contributed by atoms with Gasteiger partial charge >= 0.3 is 0 Å². The first-order chi connectivity index (χ1) is 9.68. The van der Waals surface area contributed by atoms with Crippen LogP contribution in [-0.2, 0) is 21.6 Å². The van der Waals surface area contributed by atoms with E-state index in [9.17, 15) is 8.42 Å². The number of ether oxygens (including phenoxy) is 1. The van der Waals surface area contributed by atoms with Gasteiger partial charge in [0, 0.05) is 26.2 Å². The van der Waals surface area contributed by atoms with E-state index in [-0.39, 0.29) is 0 Å². The smallest absolute Gasteiger partial charge is 0.279 e. The SMILES string of the molecule is O=S(=O)(NCCCOCc1ccco1)N1CCCCC1. The Labute approximate surface area is 120 Å². The van der Waals surface area contributed by atoms with Gasteiger partial charge in [0.15, 0.2) is 0 Å².